The number of aromatic nitrogens is 2. The largest absolute Gasteiger partial charge is 0.396 e. The van der Waals surface area contributed by atoms with E-state index in [4.69, 9.17) is 23.2 Å². The third kappa shape index (κ3) is 4.16. The molecule has 1 amide bonds. The molecule has 1 atom stereocenters. The van der Waals surface area contributed by atoms with E-state index in [0.29, 0.717) is 27.3 Å². The number of anilines is 1. The van der Waals surface area contributed by atoms with Crippen LogP contribution in [-0.4, -0.2) is 34.6 Å². The van der Waals surface area contributed by atoms with Crippen LogP contribution in [0.15, 0.2) is 30.5 Å². The van der Waals surface area contributed by atoms with E-state index in [0.717, 1.165) is 40.1 Å². The number of aliphatic hydroxyl groups excluding tert-OH is 1. The van der Waals surface area contributed by atoms with Crippen molar-refractivity contribution in [2.24, 2.45) is 0 Å². The number of fused-ring (bicyclic) bond motifs is 3. The monoisotopic (exact) mass is 462 g/mol. The standard InChI is InChI=1S/C21H20Cl2N4O2S/c1-24-21-25-10-12-3-5-17-13(19(12)27-21)9-18(30-17)20(29)26-16(6-7-28)11-2-4-14(22)15(23)8-11/h2,4,8-10,16,28H,3,5-7H2,1H3,(H,26,29)(H,24,25,27). The summed E-state index contributed by atoms with van der Waals surface area (Å²) in [5.74, 6) is 0.366. The summed E-state index contributed by atoms with van der Waals surface area (Å²) in [7, 11) is 1.78. The van der Waals surface area contributed by atoms with Crippen molar-refractivity contribution in [3.63, 3.8) is 0 Å². The van der Waals surface area contributed by atoms with Gasteiger partial charge >= 0.3 is 0 Å². The second kappa shape index (κ2) is 8.89. The Hall–Kier alpha value is -2.19. The fourth-order valence-corrected chi connectivity index (χ4v) is 4.90. The number of nitrogens with one attached hydrogen (secondary N) is 2. The van der Waals surface area contributed by atoms with Crippen LogP contribution in [-0.2, 0) is 12.8 Å². The molecule has 0 saturated carbocycles. The van der Waals surface area contributed by atoms with Crippen molar-refractivity contribution in [3.05, 3.63) is 61.4 Å². The number of rotatable bonds is 6. The minimum absolute atomic E-state index is 0.0662. The Balaban J connectivity index is 1.60. The molecular weight excluding hydrogens is 443 g/mol. The fourth-order valence-electron chi connectivity index (χ4n) is 3.53. The minimum atomic E-state index is -0.373. The predicted octanol–water partition coefficient (Wildman–Crippen LogP) is 4.51. The fraction of sp³-hybridized carbons (Fsp3) is 0.286. The molecule has 1 aliphatic carbocycles. The molecule has 9 heteroatoms. The van der Waals surface area contributed by atoms with Gasteiger partial charge in [0.2, 0.25) is 5.95 Å². The highest BCUT2D eigenvalue weighted by Gasteiger charge is 2.25. The molecule has 4 rings (SSSR count). The molecule has 0 spiro atoms. The summed E-state index contributed by atoms with van der Waals surface area (Å²) in [6, 6.07) is 6.74. The van der Waals surface area contributed by atoms with Crippen molar-refractivity contribution in [1.29, 1.82) is 0 Å². The summed E-state index contributed by atoms with van der Waals surface area (Å²) in [6.45, 7) is -0.0662. The first-order valence-electron chi connectivity index (χ1n) is 9.53. The SMILES string of the molecule is CNc1ncc2c(n1)-c1cc(C(=O)NC(CCO)c3ccc(Cl)c(Cl)c3)sc1CC2. The summed E-state index contributed by atoms with van der Waals surface area (Å²) in [5, 5.41) is 16.3. The topological polar surface area (TPSA) is 87.1 Å². The molecule has 2 heterocycles. The van der Waals surface area contributed by atoms with Crippen LogP contribution in [0.2, 0.25) is 10.0 Å². The number of nitrogens with zero attached hydrogens (tertiary/aromatic N) is 2. The molecule has 6 nitrogen and oxygen atoms in total. The van der Waals surface area contributed by atoms with Crippen molar-refractivity contribution in [2.45, 2.75) is 25.3 Å². The van der Waals surface area contributed by atoms with Gasteiger partial charge < -0.3 is 15.7 Å². The van der Waals surface area contributed by atoms with Gasteiger partial charge in [-0.2, -0.15) is 0 Å². The minimum Gasteiger partial charge on any atom is -0.396 e. The quantitative estimate of drug-likeness (QED) is 0.501. The molecule has 1 unspecified atom stereocenters. The maximum atomic E-state index is 13.0. The van der Waals surface area contributed by atoms with E-state index < -0.39 is 0 Å². The lowest BCUT2D eigenvalue weighted by atomic mass is 9.96. The number of hydrogen-bond donors (Lipinski definition) is 3. The lowest BCUT2D eigenvalue weighted by Gasteiger charge is -2.18. The average molecular weight is 463 g/mol. The van der Waals surface area contributed by atoms with Crippen molar-refractivity contribution in [2.75, 3.05) is 19.0 Å². The zero-order valence-electron chi connectivity index (χ0n) is 16.2. The van der Waals surface area contributed by atoms with Crippen LogP contribution in [0.1, 0.15) is 38.1 Å². The van der Waals surface area contributed by atoms with Gasteiger partial charge in [-0.1, -0.05) is 29.3 Å². The number of amides is 1. The smallest absolute Gasteiger partial charge is 0.261 e. The van der Waals surface area contributed by atoms with Gasteiger partial charge in [-0.15, -0.1) is 11.3 Å². The second-order valence-electron chi connectivity index (χ2n) is 6.98. The van der Waals surface area contributed by atoms with Gasteiger partial charge in [0.1, 0.15) is 0 Å². The number of benzene rings is 1. The van der Waals surface area contributed by atoms with E-state index in [1.165, 1.54) is 11.3 Å². The van der Waals surface area contributed by atoms with Gasteiger partial charge in [-0.3, -0.25) is 4.79 Å². The molecule has 0 aliphatic heterocycles. The normalized spacial score (nSPS) is 13.3. The lowest BCUT2D eigenvalue weighted by molar-refractivity contribution is 0.0934. The Bertz CT molecular complexity index is 1100. The Morgan fingerprint density at radius 1 is 1.27 bits per heavy atom. The number of aryl methyl sites for hydroxylation is 2. The van der Waals surface area contributed by atoms with Crippen LogP contribution >= 0.6 is 34.5 Å². The van der Waals surface area contributed by atoms with Gasteiger partial charge in [-0.25, -0.2) is 9.97 Å². The van der Waals surface area contributed by atoms with Gasteiger partial charge in [0.15, 0.2) is 0 Å². The highest BCUT2D eigenvalue weighted by Crippen LogP contribution is 2.38. The maximum Gasteiger partial charge on any atom is 0.261 e. The van der Waals surface area contributed by atoms with Crippen molar-refractivity contribution < 1.29 is 9.90 Å². The highest BCUT2D eigenvalue weighted by atomic mass is 35.5. The molecule has 1 aromatic carbocycles. The number of aliphatic hydroxyl groups is 1. The van der Waals surface area contributed by atoms with Gasteiger partial charge in [0.05, 0.1) is 26.7 Å². The summed E-state index contributed by atoms with van der Waals surface area (Å²) in [6.07, 6.45) is 3.92. The summed E-state index contributed by atoms with van der Waals surface area (Å²) in [4.78, 5) is 23.7. The summed E-state index contributed by atoms with van der Waals surface area (Å²) in [5.41, 5.74) is 3.74. The van der Waals surface area contributed by atoms with Gasteiger partial charge in [0.25, 0.3) is 5.91 Å². The average Bonchev–Trinajstić information content (AvgIpc) is 3.20. The number of carbonyl (C=O) groups is 1. The lowest BCUT2D eigenvalue weighted by Crippen LogP contribution is -2.28. The third-order valence-electron chi connectivity index (χ3n) is 5.07. The first-order chi connectivity index (χ1) is 14.5. The first-order valence-corrected chi connectivity index (χ1v) is 11.1. The third-order valence-corrected chi connectivity index (χ3v) is 7.00. The number of halogens is 2. The summed E-state index contributed by atoms with van der Waals surface area (Å²) >= 11 is 13.6. The van der Waals surface area contributed by atoms with E-state index in [9.17, 15) is 9.90 Å². The molecule has 30 heavy (non-hydrogen) atoms. The van der Waals surface area contributed by atoms with E-state index in [-0.39, 0.29) is 18.6 Å². The second-order valence-corrected chi connectivity index (χ2v) is 8.93. The Morgan fingerprint density at radius 3 is 2.83 bits per heavy atom. The maximum absolute atomic E-state index is 13.0. The number of hydrogen-bond acceptors (Lipinski definition) is 6. The molecule has 156 valence electrons. The van der Waals surface area contributed by atoms with Crippen molar-refractivity contribution in [1.82, 2.24) is 15.3 Å². The van der Waals surface area contributed by atoms with Crippen LogP contribution in [0.5, 0.6) is 0 Å². The first kappa shape index (κ1) is 21.1. The van der Waals surface area contributed by atoms with E-state index in [1.807, 2.05) is 12.3 Å². The highest BCUT2D eigenvalue weighted by molar-refractivity contribution is 7.14. The molecule has 2 aromatic heterocycles. The van der Waals surface area contributed by atoms with E-state index in [2.05, 4.69) is 20.6 Å². The van der Waals surface area contributed by atoms with E-state index >= 15 is 0 Å². The zero-order valence-corrected chi connectivity index (χ0v) is 18.5. The molecular formula is C21H20Cl2N4O2S. The van der Waals surface area contributed by atoms with Crippen LogP contribution in [0, 0.1) is 0 Å². The van der Waals surface area contributed by atoms with E-state index in [1.54, 1.807) is 25.2 Å². The van der Waals surface area contributed by atoms with Crippen LogP contribution in [0.4, 0.5) is 5.95 Å². The van der Waals surface area contributed by atoms with Crippen molar-refractivity contribution >= 4 is 46.4 Å². The van der Waals surface area contributed by atoms with Gasteiger partial charge in [-0.05, 0) is 48.6 Å². The van der Waals surface area contributed by atoms with Crippen LogP contribution in [0.3, 0.4) is 0 Å². The molecule has 0 fully saturated rings. The molecule has 0 saturated heterocycles. The van der Waals surface area contributed by atoms with Crippen LogP contribution in [0.25, 0.3) is 11.3 Å². The van der Waals surface area contributed by atoms with Crippen LogP contribution < -0.4 is 10.6 Å². The molecule has 3 N–H and O–H groups in total. The molecule has 0 radical (unpaired) electrons. The molecule has 0 bridgehead atoms. The zero-order chi connectivity index (χ0) is 21.3. The Morgan fingerprint density at radius 2 is 2.10 bits per heavy atom. The predicted molar refractivity (Wildman–Crippen MR) is 121 cm³/mol. The molecule has 3 aromatic rings. The number of thiophene rings is 1. The number of carbonyl (C=O) groups excluding carboxylic acids is 1. The summed E-state index contributed by atoms with van der Waals surface area (Å²) < 4.78 is 0. The Labute approximate surface area is 188 Å². The molecule has 1 aliphatic rings. The van der Waals surface area contributed by atoms with Crippen molar-refractivity contribution in [3.8, 4) is 11.3 Å². The van der Waals surface area contributed by atoms with Gasteiger partial charge in [0, 0.05) is 30.3 Å². The Kier molecular flexibility index (Phi) is 6.24.